The van der Waals surface area contributed by atoms with Gasteiger partial charge in [0, 0.05) is 26.1 Å². The SMILES string of the molecule is Cc1cccc([N+](=O)[O-])c1C(=O)N(C)CCCC(=O)O. The lowest BCUT2D eigenvalue weighted by Gasteiger charge is -2.17. The van der Waals surface area contributed by atoms with Crippen LogP contribution in [0.25, 0.3) is 0 Å². The summed E-state index contributed by atoms with van der Waals surface area (Å²) in [6.45, 7) is 1.86. The van der Waals surface area contributed by atoms with Crippen molar-refractivity contribution in [2.45, 2.75) is 19.8 Å². The quantitative estimate of drug-likeness (QED) is 0.633. The molecule has 108 valence electrons. The molecule has 7 heteroatoms. The molecule has 0 aromatic heterocycles. The first-order valence-electron chi connectivity index (χ1n) is 6.06. The van der Waals surface area contributed by atoms with Crippen LogP contribution < -0.4 is 0 Å². The van der Waals surface area contributed by atoms with E-state index in [1.165, 1.54) is 24.1 Å². The van der Waals surface area contributed by atoms with Crippen molar-refractivity contribution in [2.24, 2.45) is 0 Å². The van der Waals surface area contributed by atoms with Gasteiger partial charge in [0.25, 0.3) is 11.6 Å². The van der Waals surface area contributed by atoms with Crippen molar-refractivity contribution in [3.8, 4) is 0 Å². The van der Waals surface area contributed by atoms with Gasteiger partial charge >= 0.3 is 5.97 Å². The molecule has 7 nitrogen and oxygen atoms in total. The molecule has 1 aromatic carbocycles. The largest absolute Gasteiger partial charge is 0.481 e. The monoisotopic (exact) mass is 280 g/mol. The van der Waals surface area contributed by atoms with Gasteiger partial charge in [-0.3, -0.25) is 19.7 Å². The Morgan fingerprint density at radius 1 is 1.40 bits per heavy atom. The van der Waals surface area contributed by atoms with Crippen LogP contribution in [-0.4, -0.2) is 40.4 Å². The molecular formula is C13H16N2O5. The number of benzene rings is 1. The summed E-state index contributed by atoms with van der Waals surface area (Å²) in [5.74, 6) is -1.41. The molecule has 0 saturated carbocycles. The van der Waals surface area contributed by atoms with Crippen molar-refractivity contribution in [3.63, 3.8) is 0 Å². The van der Waals surface area contributed by atoms with Gasteiger partial charge in [0.05, 0.1) is 4.92 Å². The van der Waals surface area contributed by atoms with Crippen LogP contribution in [0.5, 0.6) is 0 Å². The third-order valence-electron chi connectivity index (χ3n) is 2.89. The minimum absolute atomic E-state index is 0.0481. The fraction of sp³-hybridized carbons (Fsp3) is 0.385. The molecule has 1 rings (SSSR count). The van der Waals surface area contributed by atoms with Crippen LogP contribution in [0.4, 0.5) is 5.69 Å². The molecule has 0 aliphatic rings. The van der Waals surface area contributed by atoms with Crippen molar-refractivity contribution in [1.29, 1.82) is 0 Å². The lowest BCUT2D eigenvalue weighted by molar-refractivity contribution is -0.385. The first-order valence-corrected chi connectivity index (χ1v) is 6.06. The van der Waals surface area contributed by atoms with Gasteiger partial charge in [-0.15, -0.1) is 0 Å². The topological polar surface area (TPSA) is 101 Å². The van der Waals surface area contributed by atoms with Gasteiger partial charge < -0.3 is 10.0 Å². The van der Waals surface area contributed by atoms with Crippen LogP contribution in [0, 0.1) is 17.0 Å². The van der Waals surface area contributed by atoms with Crippen LogP contribution >= 0.6 is 0 Å². The van der Waals surface area contributed by atoms with Crippen molar-refractivity contribution >= 4 is 17.6 Å². The van der Waals surface area contributed by atoms with E-state index >= 15 is 0 Å². The fourth-order valence-electron chi connectivity index (χ4n) is 1.84. The van der Waals surface area contributed by atoms with Gasteiger partial charge in [0.15, 0.2) is 0 Å². The van der Waals surface area contributed by atoms with Gasteiger partial charge in [0.1, 0.15) is 5.56 Å². The molecule has 0 radical (unpaired) electrons. The molecule has 0 aliphatic carbocycles. The van der Waals surface area contributed by atoms with Crippen molar-refractivity contribution < 1.29 is 19.6 Å². The lowest BCUT2D eigenvalue weighted by Crippen LogP contribution is -2.29. The Morgan fingerprint density at radius 2 is 2.05 bits per heavy atom. The number of carboxylic acids is 1. The Labute approximate surface area is 116 Å². The summed E-state index contributed by atoms with van der Waals surface area (Å²) in [6.07, 6.45) is 0.255. The Hall–Kier alpha value is -2.44. The highest BCUT2D eigenvalue weighted by atomic mass is 16.6. The van der Waals surface area contributed by atoms with E-state index in [2.05, 4.69) is 0 Å². The summed E-state index contributed by atoms with van der Waals surface area (Å²) in [6, 6.07) is 4.44. The van der Waals surface area contributed by atoms with Crippen molar-refractivity contribution in [2.75, 3.05) is 13.6 Å². The molecule has 0 atom stereocenters. The summed E-state index contributed by atoms with van der Waals surface area (Å²) in [5.41, 5.74) is 0.338. The first-order chi connectivity index (χ1) is 9.34. The second-order valence-electron chi connectivity index (χ2n) is 4.45. The highest BCUT2D eigenvalue weighted by Crippen LogP contribution is 2.23. The molecular weight excluding hydrogens is 264 g/mol. The van der Waals surface area contributed by atoms with Gasteiger partial charge in [-0.25, -0.2) is 0 Å². The highest BCUT2D eigenvalue weighted by Gasteiger charge is 2.24. The number of carbonyl (C=O) groups is 2. The molecule has 0 saturated heterocycles. The Balaban J connectivity index is 2.91. The summed E-state index contributed by atoms with van der Waals surface area (Å²) >= 11 is 0. The molecule has 0 heterocycles. The molecule has 0 fully saturated rings. The average molecular weight is 280 g/mol. The molecule has 20 heavy (non-hydrogen) atoms. The first kappa shape index (κ1) is 15.6. The van der Waals surface area contributed by atoms with Gasteiger partial charge in [-0.1, -0.05) is 12.1 Å². The molecule has 1 amide bonds. The second-order valence-corrected chi connectivity index (χ2v) is 4.45. The molecule has 1 aromatic rings. The minimum atomic E-state index is -0.937. The highest BCUT2D eigenvalue weighted by molar-refractivity contribution is 5.99. The number of carbonyl (C=O) groups excluding carboxylic acids is 1. The van der Waals surface area contributed by atoms with E-state index in [1.54, 1.807) is 13.0 Å². The smallest absolute Gasteiger partial charge is 0.303 e. The summed E-state index contributed by atoms with van der Waals surface area (Å²) in [7, 11) is 1.50. The van der Waals surface area contributed by atoms with Gasteiger partial charge in [-0.2, -0.15) is 0 Å². The molecule has 0 unspecified atom stereocenters. The van der Waals surface area contributed by atoms with E-state index < -0.39 is 16.8 Å². The predicted molar refractivity (Wildman–Crippen MR) is 71.7 cm³/mol. The number of aryl methyl sites for hydroxylation is 1. The summed E-state index contributed by atoms with van der Waals surface area (Å²) < 4.78 is 0. The maximum atomic E-state index is 12.2. The van der Waals surface area contributed by atoms with E-state index in [9.17, 15) is 19.7 Å². The maximum absolute atomic E-state index is 12.2. The van der Waals surface area contributed by atoms with E-state index in [0.29, 0.717) is 12.0 Å². The Kier molecular flexibility index (Phi) is 5.19. The van der Waals surface area contributed by atoms with Crippen LogP contribution in [0.3, 0.4) is 0 Å². The van der Waals surface area contributed by atoms with Crippen LogP contribution in [0.15, 0.2) is 18.2 Å². The number of amides is 1. The minimum Gasteiger partial charge on any atom is -0.481 e. The van der Waals surface area contributed by atoms with Crippen LogP contribution in [0.1, 0.15) is 28.8 Å². The van der Waals surface area contributed by atoms with E-state index in [1.807, 2.05) is 0 Å². The lowest BCUT2D eigenvalue weighted by atomic mass is 10.1. The zero-order valence-electron chi connectivity index (χ0n) is 11.3. The normalized spacial score (nSPS) is 10.1. The number of hydrogen-bond donors (Lipinski definition) is 1. The Bertz CT molecular complexity index is 542. The van der Waals surface area contributed by atoms with Crippen molar-refractivity contribution in [1.82, 2.24) is 4.90 Å². The molecule has 0 aliphatic heterocycles. The van der Waals surface area contributed by atoms with Gasteiger partial charge in [0.2, 0.25) is 0 Å². The summed E-state index contributed by atoms with van der Waals surface area (Å²) in [4.78, 5) is 34.3. The third-order valence-corrected chi connectivity index (χ3v) is 2.89. The zero-order valence-corrected chi connectivity index (χ0v) is 11.3. The number of carboxylic acid groups (broad SMARTS) is 1. The van der Waals surface area contributed by atoms with Crippen molar-refractivity contribution in [3.05, 3.63) is 39.4 Å². The van der Waals surface area contributed by atoms with Crippen LogP contribution in [0.2, 0.25) is 0 Å². The average Bonchev–Trinajstić information content (AvgIpc) is 2.36. The third kappa shape index (κ3) is 3.78. The number of nitro benzene ring substituents is 1. The number of hydrogen-bond acceptors (Lipinski definition) is 4. The number of aliphatic carboxylic acids is 1. The van der Waals surface area contributed by atoms with Crippen LogP contribution in [-0.2, 0) is 4.79 Å². The van der Waals surface area contributed by atoms with Gasteiger partial charge in [-0.05, 0) is 18.9 Å². The fourth-order valence-corrected chi connectivity index (χ4v) is 1.84. The zero-order chi connectivity index (χ0) is 15.3. The molecule has 1 N–H and O–H groups in total. The van der Waals surface area contributed by atoms with E-state index in [0.717, 1.165) is 0 Å². The number of nitro groups is 1. The number of rotatable bonds is 6. The van der Waals surface area contributed by atoms with E-state index in [-0.39, 0.29) is 24.2 Å². The molecule has 0 bridgehead atoms. The maximum Gasteiger partial charge on any atom is 0.303 e. The van der Waals surface area contributed by atoms with E-state index in [4.69, 9.17) is 5.11 Å². The summed E-state index contributed by atoms with van der Waals surface area (Å²) in [5, 5.41) is 19.5. The second kappa shape index (κ2) is 6.65. The molecule has 0 spiro atoms. The Morgan fingerprint density at radius 3 is 2.60 bits per heavy atom. The standard InChI is InChI=1S/C13H16N2O5/c1-9-5-3-6-10(15(19)20)12(9)13(18)14(2)8-4-7-11(16)17/h3,5-6H,4,7-8H2,1-2H3,(H,16,17). The number of nitrogens with zero attached hydrogens (tertiary/aromatic N) is 2. The predicted octanol–water partition coefficient (Wildman–Crippen LogP) is 1.84.